The van der Waals surface area contributed by atoms with Crippen molar-refractivity contribution >= 4 is 33.3 Å². The summed E-state index contributed by atoms with van der Waals surface area (Å²) in [5, 5.41) is 10.3. The Balaban J connectivity index is 1.51. The molecule has 130 valence electrons. The van der Waals surface area contributed by atoms with Crippen molar-refractivity contribution in [1.82, 2.24) is 25.1 Å². The first-order valence-electron chi connectivity index (χ1n) is 8.69. The molecule has 0 unspecified atom stereocenters. The van der Waals surface area contributed by atoms with Crippen LogP contribution < -0.4 is 0 Å². The van der Waals surface area contributed by atoms with Gasteiger partial charge in [-0.3, -0.25) is 5.10 Å². The molecule has 7 heteroatoms. The topological polar surface area (TPSA) is 67.3 Å². The van der Waals surface area contributed by atoms with Crippen LogP contribution in [0.3, 0.4) is 0 Å². The van der Waals surface area contributed by atoms with Gasteiger partial charge < -0.3 is 0 Å². The lowest BCUT2D eigenvalue weighted by molar-refractivity contribution is 0.509. The largest absolute Gasteiger partial charge is 0.258 e. The van der Waals surface area contributed by atoms with E-state index in [4.69, 9.17) is 0 Å². The molecular formula is C19H17N5S2. The fraction of sp³-hybridized carbons (Fsp3) is 0.263. The number of benzene rings is 1. The van der Waals surface area contributed by atoms with Gasteiger partial charge in [-0.15, -0.1) is 16.4 Å². The van der Waals surface area contributed by atoms with Crippen molar-refractivity contribution in [2.75, 3.05) is 0 Å². The van der Waals surface area contributed by atoms with Gasteiger partial charge in [-0.25, -0.2) is 15.0 Å². The zero-order chi connectivity index (χ0) is 17.5. The molecule has 0 saturated carbocycles. The summed E-state index contributed by atoms with van der Waals surface area (Å²) in [6.45, 7) is 2.33. The molecule has 5 nitrogen and oxygen atoms in total. The first-order valence-corrected chi connectivity index (χ1v) is 10.3. The summed E-state index contributed by atoms with van der Waals surface area (Å²) in [6, 6.07) is 10.0. The van der Waals surface area contributed by atoms with Crippen LogP contribution in [-0.2, 0) is 12.8 Å². The van der Waals surface area contributed by atoms with Crippen LogP contribution in [0, 0.1) is 5.92 Å². The Labute approximate surface area is 159 Å². The van der Waals surface area contributed by atoms with Gasteiger partial charge in [-0.05, 0) is 42.5 Å². The molecule has 0 radical (unpaired) electrons. The van der Waals surface area contributed by atoms with Crippen LogP contribution in [0.1, 0.15) is 23.8 Å². The summed E-state index contributed by atoms with van der Waals surface area (Å²) in [5.41, 5.74) is 2.46. The van der Waals surface area contributed by atoms with Crippen molar-refractivity contribution < 1.29 is 0 Å². The molecule has 1 aliphatic carbocycles. The monoisotopic (exact) mass is 379 g/mol. The van der Waals surface area contributed by atoms with Gasteiger partial charge in [0.25, 0.3) is 0 Å². The maximum absolute atomic E-state index is 4.63. The second kappa shape index (κ2) is 6.48. The Hall–Kier alpha value is -2.25. The Morgan fingerprint density at radius 3 is 2.96 bits per heavy atom. The summed E-state index contributed by atoms with van der Waals surface area (Å²) < 4.78 is 0. The lowest BCUT2D eigenvalue weighted by atomic mass is 9.89. The zero-order valence-corrected chi connectivity index (χ0v) is 15.9. The lowest BCUT2D eigenvalue weighted by Gasteiger charge is -2.17. The minimum atomic E-state index is 0.688. The zero-order valence-electron chi connectivity index (χ0n) is 14.3. The van der Waals surface area contributed by atoms with Gasteiger partial charge >= 0.3 is 0 Å². The number of hydrogen-bond donors (Lipinski definition) is 1. The third-order valence-electron chi connectivity index (χ3n) is 4.76. The van der Waals surface area contributed by atoms with Crippen molar-refractivity contribution in [1.29, 1.82) is 0 Å². The quantitative estimate of drug-likeness (QED) is 0.520. The van der Waals surface area contributed by atoms with Gasteiger partial charge in [0.15, 0.2) is 5.82 Å². The van der Waals surface area contributed by atoms with E-state index >= 15 is 0 Å². The van der Waals surface area contributed by atoms with E-state index in [1.54, 1.807) is 6.33 Å². The molecule has 0 bridgehead atoms. The van der Waals surface area contributed by atoms with Crippen molar-refractivity contribution in [3.05, 3.63) is 47.1 Å². The molecule has 1 aromatic carbocycles. The van der Waals surface area contributed by atoms with Crippen LogP contribution in [0.4, 0.5) is 0 Å². The van der Waals surface area contributed by atoms with E-state index in [1.807, 2.05) is 41.7 Å². The van der Waals surface area contributed by atoms with Gasteiger partial charge in [0.2, 0.25) is 5.16 Å². The van der Waals surface area contributed by atoms with E-state index in [9.17, 15) is 0 Å². The van der Waals surface area contributed by atoms with Crippen LogP contribution in [0.2, 0.25) is 0 Å². The molecule has 0 aliphatic heterocycles. The molecule has 3 aromatic heterocycles. The predicted octanol–water partition coefficient (Wildman–Crippen LogP) is 4.75. The average molecular weight is 380 g/mol. The van der Waals surface area contributed by atoms with Crippen LogP contribution in [0.15, 0.2) is 46.8 Å². The average Bonchev–Trinajstić information content (AvgIpc) is 3.27. The molecule has 0 spiro atoms. The summed E-state index contributed by atoms with van der Waals surface area (Å²) in [5.74, 6) is 1.53. The van der Waals surface area contributed by atoms with E-state index in [-0.39, 0.29) is 0 Å². The van der Waals surface area contributed by atoms with E-state index in [1.165, 1.54) is 34.0 Å². The fourth-order valence-corrected chi connectivity index (χ4v) is 5.67. The highest BCUT2D eigenvalue weighted by Crippen LogP contribution is 2.41. The molecule has 1 atom stereocenters. The molecule has 5 rings (SSSR count). The summed E-state index contributed by atoms with van der Waals surface area (Å²) >= 11 is 3.33. The molecule has 1 N–H and O–H groups in total. The number of rotatable bonds is 3. The molecule has 1 aliphatic rings. The molecule has 0 fully saturated rings. The maximum atomic E-state index is 4.63. The number of aromatic amines is 1. The molecule has 0 saturated heterocycles. The fourth-order valence-electron chi connectivity index (χ4n) is 3.43. The number of H-pyrrole nitrogens is 1. The van der Waals surface area contributed by atoms with E-state index < -0.39 is 0 Å². The number of aromatic nitrogens is 5. The standard InChI is InChI=1S/C19H17N5S2/c1-11-7-8-13-14(9-11)25-17-15(13)18(21-10-20-17)26-19-22-16(23-24-19)12-5-3-2-4-6-12/h2-6,10-11H,7-9H2,1H3,(H,22,23,24)/t11-/m0/s1. The molecular weight excluding hydrogens is 362 g/mol. The Morgan fingerprint density at radius 1 is 1.19 bits per heavy atom. The molecule has 4 aromatic rings. The number of aryl methyl sites for hydroxylation is 1. The van der Waals surface area contributed by atoms with E-state index in [0.717, 1.165) is 40.0 Å². The van der Waals surface area contributed by atoms with Crippen LogP contribution in [0.5, 0.6) is 0 Å². The highest BCUT2D eigenvalue weighted by Gasteiger charge is 2.23. The van der Waals surface area contributed by atoms with Gasteiger partial charge in [0.1, 0.15) is 16.2 Å². The van der Waals surface area contributed by atoms with Crippen molar-refractivity contribution in [3.63, 3.8) is 0 Å². The highest BCUT2D eigenvalue weighted by atomic mass is 32.2. The minimum Gasteiger partial charge on any atom is -0.258 e. The summed E-state index contributed by atoms with van der Waals surface area (Å²) in [7, 11) is 0. The SMILES string of the molecule is C[C@H]1CCc2c(sc3ncnc(Sc4n[nH]c(-c5ccccc5)n4)c23)C1. The number of nitrogens with one attached hydrogen (secondary N) is 1. The maximum Gasteiger partial charge on any atom is 0.215 e. The summed E-state index contributed by atoms with van der Waals surface area (Å²) in [4.78, 5) is 16.2. The first-order chi connectivity index (χ1) is 12.8. The van der Waals surface area contributed by atoms with Crippen LogP contribution in [-0.4, -0.2) is 25.1 Å². The summed E-state index contributed by atoms with van der Waals surface area (Å²) in [6.07, 6.45) is 5.15. The third-order valence-corrected chi connectivity index (χ3v) is 6.79. The minimum absolute atomic E-state index is 0.688. The third kappa shape index (κ3) is 2.81. The number of nitrogens with zero attached hydrogens (tertiary/aromatic N) is 4. The van der Waals surface area contributed by atoms with Gasteiger partial charge in [0, 0.05) is 15.8 Å². The van der Waals surface area contributed by atoms with Gasteiger partial charge in [-0.2, -0.15) is 0 Å². The first kappa shape index (κ1) is 16.0. The van der Waals surface area contributed by atoms with Crippen LogP contribution in [0.25, 0.3) is 21.6 Å². The smallest absolute Gasteiger partial charge is 0.215 e. The lowest BCUT2D eigenvalue weighted by Crippen LogP contribution is -2.08. The second-order valence-electron chi connectivity index (χ2n) is 6.65. The molecule has 26 heavy (non-hydrogen) atoms. The number of fused-ring (bicyclic) bond motifs is 3. The van der Waals surface area contributed by atoms with Crippen molar-refractivity contribution in [2.24, 2.45) is 5.92 Å². The van der Waals surface area contributed by atoms with Crippen molar-refractivity contribution in [3.8, 4) is 11.4 Å². The Kier molecular flexibility index (Phi) is 3.98. The van der Waals surface area contributed by atoms with Gasteiger partial charge in [0.05, 0.1) is 0 Å². The number of hydrogen-bond acceptors (Lipinski definition) is 6. The van der Waals surface area contributed by atoms with Crippen molar-refractivity contribution in [2.45, 2.75) is 36.4 Å². The van der Waals surface area contributed by atoms with E-state index in [0.29, 0.717) is 5.16 Å². The predicted molar refractivity (Wildman–Crippen MR) is 105 cm³/mol. The molecule has 0 amide bonds. The number of thiophene rings is 1. The second-order valence-corrected chi connectivity index (χ2v) is 8.69. The molecule has 3 heterocycles. The van der Waals surface area contributed by atoms with Gasteiger partial charge in [-0.1, -0.05) is 37.3 Å². The Bertz CT molecular complexity index is 1070. The normalized spacial score (nSPS) is 16.7. The highest BCUT2D eigenvalue weighted by molar-refractivity contribution is 7.99. The van der Waals surface area contributed by atoms with E-state index in [2.05, 4.69) is 32.1 Å². The Morgan fingerprint density at radius 2 is 2.08 bits per heavy atom. The van der Waals surface area contributed by atoms with Crippen LogP contribution >= 0.6 is 23.1 Å².